The first-order valence-electron chi connectivity index (χ1n) is 3.86. The molecular formula is C9H10O2. The number of rotatable bonds is 1. The normalized spacial score (nSPS) is 28.9. The molecule has 1 saturated heterocycles. The maximum Gasteiger partial charge on any atom is 0.146 e. The number of hydrogen-bond donors (Lipinski definition) is 0. The zero-order valence-electron chi connectivity index (χ0n) is 6.25. The van der Waals surface area contributed by atoms with Crippen molar-refractivity contribution in [1.82, 2.24) is 0 Å². The molecule has 2 aliphatic rings. The van der Waals surface area contributed by atoms with Gasteiger partial charge >= 0.3 is 0 Å². The standard InChI is InChI=1S/C9H10O2/c10-6-7-1-2-8-3-4-11-9(8)5-7/h1-2,6,9H,3-5H2/t9-/m1/s1. The van der Waals surface area contributed by atoms with Gasteiger partial charge < -0.3 is 4.74 Å². The molecule has 1 atom stereocenters. The minimum absolute atomic E-state index is 0.209. The lowest BCUT2D eigenvalue weighted by molar-refractivity contribution is -0.105. The molecule has 1 aliphatic carbocycles. The van der Waals surface area contributed by atoms with Crippen molar-refractivity contribution in [2.75, 3.05) is 6.61 Å². The molecular weight excluding hydrogens is 140 g/mol. The highest BCUT2D eigenvalue weighted by Gasteiger charge is 2.24. The van der Waals surface area contributed by atoms with Crippen LogP contribution in [0.4, 0.5) is 0 Å². The fourth-order valence-electron chi connectivity index (χ4n) is 1.55. The van der Waals surface area contributed by atoms with Crippen LogP contribution in [0.15, 0.2) is 23.3 Å². The summed E-state index contributed by atoms with van der Waals surface area (Å²) in [5, 5.41) is 0. The molecule has 0 unspecified atom stereocenters. The van der Waals surface area contributed by atoms with E-state index in [9.17, 15) is 4.79 Å². The van der Waals surface area contributed by atoms with Crippen molar-refractivity contribution in [3.63, 3.8) is 0 Å². The summed E-state index contributed by atoms with van der Waals surface area (Å²) in [6.07, 6.45) is 6.84. The van der Waals surface area contributed by atoms with E-state index in [-0.39, 0.29) is 6.10 Å². The molecule has 1 fully saturated rings. The van der Waals surface area contributed by atoms with Crippen LogP contribution in [-0.4, -0.2) is 19.0 Å². The second kappa shape index (κ2) is 2.62. The third-order valence-electron chi connectivity index (χ3n) is 2.21. The second-order valence-electron chi connectivity index (χ2n) is 2.91. The predicted octanol–water partition coefficient (Wildman–Crippen LogP) is 1.23. The van der Waals surface area contributed by atoms with E-state index < -0.39 is 0 Å². The second-order valence-corrected chi connectivity index (χ2v) is 2.91. The van der Waals surface area contributed by atoms with Crippen molar-refractivity contribution < 1.29 is 9.53 Å². The highest BCUT2D eigenvalue weighted by Crippen LogP contribution is 2.28. The van der Waals surface area contributed by atoms with Crippen LogP contribution in [-0.2, 0) is 9.53 Å². The number of carbonyl (C=O) groups excluding carboxylic acids is 1. The Morgan fingerprint density at radius 2 is 2.45 bits per heavy atom. The lowest BCUT2D eigenvalue weighted by Gasteiger charge is -2.14. The van der Waals surface area contributed by atoms with Gasteiger partial charge in [-0.2, -0.15) is 0 Å². The Bertz CT molecular complexity index is 238. The van der Waals surface area contributed by atoms with Gasteiger partial charge in [0.1, 0.15) is 6.29 Å². The van der Waals surface area contributed by atoms with Crippen LogP contribution in [0.25, 0.3) is 0 Å². The molecule has 2 heteroatoms. The molecule has 0 spiro atoms. The number of allylic oxidation sites excluding steroid dienone is 2. The largest absolute Gasteiger partial charge is 0.373 e. The zero-order valence-corrected chi connectivity index (χ0v) is 6.25. The Labute approximate surface area is 65.5 Å². The average Bonchev–Trinajstić information content (AvgIpc) is 2.50. The monoisotopic (exact) mass is 150 g/mol. The van der Waals surface area contributed by atoms with Crippen molar-refractivity contribution in [2.24, 2.45) is 0 Å². The SMILES string of the molecule is O=CC1=CC=C2CCO[C@@H]2C1. The lowest BCUT2D eigenvalue weighted by atomic mass is 9.96. The number of hydrogen-bond acceptors (Lipinski definition) is 2. The molecule has 2 nitrogen and oxygen atoms in total. The fraction of sp³-hybridized carbons (Fsp3) is 0.444. The van der Waals surface area contributed by atoms with Gasteiger partial charge in [-0.05, 0) is 17.6 Å². The maximum absolute atomic E-state index is 10.4. The Morgan fingerprint density at radius 3 is 3.27 bits per heavy atom. The van der Waals surface area contributed by atoms with E-state index in [1.54, 1.807) is 0 Å². The molecule has 0 saturated carbocycles. The molecule has 0 aromatic heterocycles. The van der Waals surface area contributed by atoms with E-state index in [1.807, 2.05) is 12.2 Å². The number of ether oxygens (including phenoxy) is 1. The van der Waals surface area contributed by atoms with Gasteiger partial charge in [-0.1, -0.05) is 12.2 Å². The maximum atomic E-state index is 10.4. The van der Waals surface area contributed by atoms with Gasteiger partial charge in [0, 0.05) is 6.42 Å². The summed E-state index contributed by atoms with van der Waals surface area (Å²) in [6, 6.07) is 0. The number of carbonyl (C=O) groups is 1. The van der Waals surface area contributed by atoms with Gasteiger partial charge in [-0.3, -0.25) is 4.79 Å². The van der Waals surface area contributed by atoms with Gasteiger partial charge in [-0.15, -0.1) is 0 Å². The molecule has 0 aromatic rings. The van der Waals surface area contributed by atoms with E-state index in [0.717, 1.165) is 31.3 Å². The number of aldehydes is 1. The van der Waals surface area contributed by atoms with Crippen molar-refractivity contribution in [2.45, 2.75) is 18.9 Å². The average molecular weight is 150 g/mol. The lowest BCUT2D eigenvalue weighted by Crippen LogP contribution is -2.11. The Morgan fingerprint density at radius 1 is 1.55 bits per heavy atom. The van der Waals surface area contributed by atoms with Crippen LogP contribution >= 0.6 is 0 Å². The van der Waals surface area contributed by atoms with Gasteiger partial charge in [-0.25, -0.2) is 0 Å². The Balaban J connectivity index is 2.21. The zero-order chi connectivity index (χ0) is 7.68. The third kappa shape index (κ3) is 1.14. The van der Waals surface area contributed by atoms with Crippen LogP contribution in [0.3, 0.4) is 0 Å². The van der Waals surface area contributed by atoms with Crippen molar-refractivity contribution in [3.8, 4) is 0 Å². The first-order valence-corrected chi connectivity index (χ1v) is 3.86. The van der Waals surface area contributed by atoms with E-state index in [4.69, 9.17) is 4.74 Å². The van der Waals surface area contributed by atoms with E-state index >= 15 is 0 Å². The van der Waals surface area contributed by atoms with Gasteiger partial charge in [0.25, 0.3) is 0 Å². The van der Waals surface area contributed by atoms with E-state index in [1.165, 1.54) is 5.57 Å². The molecule has 11 heavy (non-hydrogen) atoms. The first kappa shape index (κ1) is 6.80. The van der Waals surface area contributed by atoms with E-state index in [0.29, 0.717) is 0 Å². The summed E-state index contributed by atoms with van der Waals surface area (Å²) in [5.41, 5.74) is 2.19. The molecule has 58 valence electrons. The van der Waals surface area contributed by atoms with Gasteiger partial charge in [0.15, 0.2) is 0 Å². The summed E-state index contributed by atoms with van der Waals surface area (Å²) in [7, 11) is 0. The summed E-state index contributed by atoms with van der Waals surface area (Å²) in [4.78, 5) is 10.4. The molecule has 2 rings (SSSR count). The molecule has 0 aromatic carbocycles. The Kier molecular flexibility index (Phi) is 1.62. The molecule has 1 heterocycles. The summed E-state index contributed by atoms with van der Waals surface area (Å²) in [6.45, 7) is 0.816. The predicted molar refractivity (Wildman–Crippen MR) is 41.2 cm³/mol. The minimum atomic E-state index is 0.209. The summed E-state index contributed by atoms with van der Waals surface area (Å²) < 4.78 is 5.42. The smallest absolute Gasteiger partial charge is 0.146 e. The van der Waals surface area contributed by atoms with Crippen LogP contribution in [0.1, 0.15) is 12.8 Å². The van der Waals surface area contributed by atoms with Crippen molar-refractivity contribution in [1.29, 1.82) is 0 Å². The van der Waals surface area contributed by atoms with Crippen molar-refractivity contribution in [3.05, 3.63) is 23.3 Å². The quantitative estimate of drug-likeness (QED) is 0.525. The third-order valence-corrected chi connectivity index (χ3v) is 2.21. The number of fused-ring (bicyclic) bond motifs is 1. The highest BCUT2D eigenvalue weighted by molar-refractivity contribution is 5.74. The van der Waals surface area contributed by atoms with Crippen molar-refractivity contribution >= 4 is 6.29 Å². The van der Waals surface area contributed by atoms with Crippen LogP contribution in [0, 0.1) is 0 Å². The first-order chi connectivity index (χ1) is 5.40. The Hall–Kier alpha value is -0.890. The molecule has 1 aliphatic heterocycles. The fourth-order valence-corrected chi connectivity index (χ4v) is 1.55. The van der Waals surface area contributed by atoms with Gasteiger partial charge in [0.05, 0.1) is 12.7 Å². The van der Waals surface area contributed by atoms with Crippen LogP contribution in [0.2, 0.25) is 0 Å². The topological polar surface area (TPSA) is 26.3 Å². The summed E-state index contributed by atoms with van der Waals surface area (Å²) >= 11 is 0. The highest BCUT2D eigenvalue weighted by atomic mass is 16.5. The molecule has 0 radical (unpaired) electrons. The molecule has 0 N–H and O–H groups in total. The van der Waals surface area contributed by atoms with Crippen LogP contribution < -0.4 is 0 Å². The van der Waals surface area contributed by atoms with Crippen LogP contribution in [0.5, 0.6) is 0 Å². The minimum Gasteiger partial charge on any atom is -0.373 e. The van der Waals surface area contributed by atoms with Gasteiger partial charge in [0.2, 0.25) is 0 Å². The molecule has 0 amide bonds. The summed E-state index contributed by atoms with van der Waals surface area (Å²) in [5.74, 6) is 0. The molecule has 0 bridgehead atoms. The van der Waals surface area contributed by atoms with E-state index in [2.05, 4.69) is 0 Å².